The summed E-state index contributed by atoms with van der Waals surface area (Å²) in [5.74, 6) is -1.87. The highest BCUT2D eigenvalue weighted by Gasteiger charge is 2.14. The van der Waals surface area contributed by atoms with E-state index < -0.39 is 17.7 Å². The van der Waals surface area contributed by atoms with Crippen molar-refractivity contribution in [2.75, 3.05) is 11.9 Å². The summed E-state index contributed by atoms with van der Waals surface area (Å²) in [6.07, 6.45) is 1.35. The summed E-state index contributed by atoms with van der Waals surface area (Å²) >= 11 is 0. The fraction of sp³-hybridized carbons (Fsp3) is 0.158. The SMILES string of the molecule is Cc1cccc(NC(=O)C(=O)N/N=C\c2cccc(OCC(N)=O)c2)c1C. The number of hydrazone groups is 1. The number of amides is 3. The summed E-state index contributed by atoms with van der Waals surface area (Å²) < 4.78 is 5.17. The average Bonchev–Trinajstić information content (AvgIpc) is 2.64. The molecule has 0 aliphatic carbocycles. The maximum atomic E-state index is 12.0. The molecule has 3 amide bonds. The smallest absolute Gasteiger partial charge is 0.329 e. The molecule has 140 valence electrons. The van der Waals surface area contributed by atoms with Crippen molar-refractivity contribution in [1.82, 2.24) is 5.43 Å². The van der Waals surface area contributed by atoms with Gasteiger partial charge >= 0.3 is 11.8 Å². The molecule has 0 aliphatic rings. The number of hydrogen-bond donors (Lipinski definition) is 3. The zero-order chi connectivity index (χ0) is 19.8. The van der Waals surface area contributed by atoms with Crippen LogP contribution in [0.3, 0.4) is 0 Å². The normalized spacial score (nSPS) is 10.4. The second-order valence-electron chi connectivity index (χ2n) is 5.73. The Hall–Kier alpha value is -3.68. The number of rotatable bonds is 6. The van der Waals surface area contributed by atoms with E-state index in [1.165, 1.54) is 6.21 Å². The van der Waals surface area contributed by atoms with Crippen molar-refractivity contribution < 1.29 is 19.1 Å². The van der Waals surface area contributed by atoms with E-state index in [4.69, 9.17) is 10.5 Å². The van der Waals surface area contributed by atoms with Crippen LogP contribution in [0.4, 0.5) is 5.69 Å². The quantitative estimate of drug-likeness (QED) is 0.403. The van der Waals surface area contributed by atoms with Crippen molar-refractivity contribution in [3.05, 3.63) is 59.2 Å². The third-order valence-corrected chi connectivity index (χ3v) is 3.68. The Morgan fingerprint density at radius 2 is 1.85 bits per heavy atom. The highest BCUT2D eigenvalue weighted by Crippen LogP contribution is 2.17. The zero-order valence-corrected chi connectivity index (χ0v) is 15.0. The lowest BCUT2D eigenvalue weighted by Crippen LogP contribution is -2.32. The molecule has 0 heterocycles. The monoisotopic (exact) mass is 368 g/mol. The van der Waals surface area contributed by atoms with Gasteiger partial charge in [0.1, 0.15) is 5.75 Å². The molecule has 0 spiro atoms. The first kappa shape index (κ1) is 19.6. The Morgan fingerprint density at radius 3 is 2.59 bits per heavy atom. The molecule has 0 bridgehead atoms. The van der Waals surface area contributed by atoms with Crippen LogP contribution < -0.4 is 21.2 Å². The van der Waals surface area contributed by atoms with Gasteiger partial charge in [-0.05, 0) is 48.7 Å². The molecule has 4 N–H and O–H groups in total. The molecular weight excluding hydrogens is 348 g/mol. The van der Waals surface area contributed by atoms with E-state index in [0.29, 0.717) is 17.0 Å². The van der Waals surface area contributed by atoms with Gasteiger partial charge in [-0.1, -0.05) is 24.3 Å². The van der Waals surface area contributed by atoms with Gasteiger partial charge in [-0.3, -0.25) is 14.4 Å². The van der Waals surface area contributed by atoms with E-state index in [0.717, 1.165) is 11.1 Å². The lowest BCUT2D eigenvalue weighted by Gasteiger charge is -2.09. The van der Waals surface area contributed by atoms with E-state index in [-0.39, 0.29) is 6.61 Å². The summed E-state index contributed by atoms with van der Waals surface area (Å²) in [6, 6.07) is 12.1. The average molecular weight is 368 g/mol. The van der Waals surface area contributed by atoms with Gasteiger partial charge in [0.25, 0.3) is 5.91 Å². The molecule has 0 unspecified atom stereocenters. The van der Waals surface area contributed by atoms with Gasteiger partial charge < -0.3 is 15.8 Å². The zero-order valence-electron chi connectivity index (χ0n) is 15.0. The van der Waals surface area contributed by atoms with Crippen LogP contribution in [-0.2, 0) is 14.4 Å². The van der Waals surface area contributed by atoms with Crippen LogP contribution >= 0.6 is 0 Å². The van der Waals surface area contributed by atoms with Crippen LogP contribution in [0.25, 0.3) is 0 Å². The van der Waals surface area contributed by atoms with Crippen LogP contribution in [0.5, 0.6) is 5.75 Å². The third kappa shape index (κ3) is 5.96. The number of ether oxygens (including phenoxy) is 1. The fourth-order valence-electron chi connectivity index (χ4n) is 2.12. The molecule has 27 heavy (non-hydrogen) atoms. The summed E-state index contributed by atoms with van der Waals surface area (Å²) in [5, 5.41) is 6.30. The number of anilines is 1. The Labute approximate surface area is 156 Å². The van der Waals surface area contributed by atoms with E-state index in [9.17, 15) is 14.4 Å². The molecule has 0 aliphatic heterocycles. The number of aryl methyl sites for hydroxylation is 1. The van der Waals surface area contributed by atoms with Crippen LogP contribution in [-0.4, -0.2) is 30.5 Å². The Morgan fingerprint density at radius 1 is 1.11 bits per heavy atom. The third-order valence-electron chi connectivity index (χ3n) is 3.68. The minimum atomic E-state index is -0.895. The topological polar surface area (TPSA) is 123 Å². The first-order valence-electron chi connectivity index (χ1n) is 8.08. The molecule has 0 aromatic heterocycles. The summed E-state index contributed by atoms with van der Waals surface area (Å²) in [4.78, 5) is 34.6. The predicted molar refractivity (Wildman–Crippen MR) is 101 cm³/mol. The molecule has 2 aromatic carbocycles. The molecule has 2 rings (SSSR count). The first-order chi connectivity index (χ1) is 12.9. The van der Waals surface area contributed by atoms with Gasteiger partial charge in [0.15, 0.2) is 6.61 Å². The minimum Gasteiger partial charge on any atom is -0.484 e. The van der Waals surface area contributed by atoms with Crippen molar-refractivity contribution in [2.24, 2.45) is 10.8 Å². The van der Waals surface area contributed by atoms with Gasteiger partial charge in [0.05, 0.1) is 6.21 Å². The number of hydrogen-bond acceptors (Lipinski definition) is 5. The van der Waals surface area contributed by atoms with Crippen molar-refractivity contribution in [3.63, 3.8) is 0 Å². The van der Waals surface area contributed by atoms with E-state index >= 15 is 0 Å². The second-order valence-corrected chi connectivity index (χ2v) is 5.73. The number of nitrogens with one attached hydrogen (secondary N) is 2. The van der Waals surface area contributed by atoms with Crippen LogP contribution in [0.15, 0.2) is 47.6 Å². The molecule has 0 radical (unpaired) electrons. The minimum absolute atomic E-state index is 0.240. The summed E-state index contributed by atoms with van der Waals surface area (Å²) in [7, 11) is 0. The molecule has 8 nitrogen and oxygen atoms in total. The number of primary amides is 1. The lowest BCUT2D eigenvalue weighted by molar-refractivity contribution is -0.136. The number of benzene rings is 2. The molecule has 0 saturated carbocycles. The Balaban J connectivity index is 1.92. The highest BCUT2D eigenvalue weighted by atomic mass is 16.5. The number of carbonyl (C=O) groups is 3. The van der Waals surface area contributed by atoms with Gasteiger partial charge in [0, 0.05) is 5.69 Å². The van der Waals surface area contributed by atoms with Crippen LogP contribution in [0.2, 0.25) is 0 Å². The first-order valence-corrected chi connectivity index (χ1v) is 8.08. The fourth-order valence-corrected chi connectivity index (χ4v) is 2.12. The predicted octanol–water partition coefficient (Wildman–Crippen LogP) is 1.26. The van der Waals surface area contributed by atoms with Crippen molar-refractivity contribution in [1.29, 1.82) is 0 Å². The number of nitrogens with zero attached hydrogens (tertiary/aromatic N) is 1. The van der Waals surface area contributed by atoms with E-state index in [1.54, 1.807) is 36.4 Å². The van der Waals surface area contributed by atoms with Crippen molar-refractivity contribution in [3.8, 4) is 5.75 Å². The van der Waals surface area contributed by atoms with Gasteiger partial charge in [-0.15, -0.1) is 0 Å². The Kier molecular flexibility index (Phi) is 6.65. The molecule has 0 saturated heterocycles. The van der Waals surface area contributed by atoms with E-state index in [2.05, 4.69) is 15.8 Å². The lowest BCUT2D eigenvalue weighted by atomic mass is 10.1. The van der Waals surface area contributed by atoms with Gasteiger partial charge in [0.2, 0.25) is 0 Å². The van der Waals surface area contributed by atoms with Crippen LogP contribution in [0, 0.1) is 13.8 Å². The maximum Gasteiger partial charge on any atom is 0.329 e. The highest BCUT2D eigenvalue weighted by molar-refractivity contribution is 6.39. The largest absolute Gasteiger partial charge is 0.484 e. The van der Waals surface area contributed by atoms with Crippen LogP contribution in [0.1, 0.15) is 16.7 Å². The molecular formula is C19H20N4O4. The standard InChI is InChI=1S/C19H20N4O4/c1-12-5-3-8-16(13(12)2)22-18(25)19(26)23-21-10-14-6-4-7-15(9-14)27-11-17(20)24/h3-10H,11H2,1-2H3,(H2,20,24)(H,22,25)(H,23,26)/b21-10-. The van der Waals surface area contributed by atoms with Gasteiger partial charge in [-0.25, -0.2) is 5.43 Å². The van der Waals surface area contributed by atoms with Crippen molar-refractivity contribution in [2.45, 2.75) is 13.8 Å². The number of nitrogens with two attached hydrogens (primary N) is 1. The number of carbonyl (C=O) groups excluding carboxylic acids is 3. The second kappa shape index (κ2) is 9.14. The van der Waals surface area contributed by atoms with Gasteiger partial charge in [-0.2, -0.15) is 5.10 Å². The Bertz CT molecular complexity index is 893. The molecule has 8 heteroatoms. The van der Waals surface area contributed by atoms with E-state index in [1.807, 2.05) is 19.9 Å². The molecule has 0 fully saturated rings. The molecule has 2 aromatic rings. The van der Waals surface area contributed by atoms with Crippen molar-refractivity contribution >= 4 is 29.6 Å². The summed E-state index contributed by atoms with van der Waals surface area (Å²) in [5.41, 5.74) is 10.2. The molecule has 0 atom stereocenters. The maximum absolute atomic E-state index is 12.0. The summed E-state index contributed by atoms with van der Waals surface area (Å²) in [6.45, 7) is 3.53.